The van der Waals surface area contributed by atoms with Crippen LogP contribution in [0.2, 0.25) is 0 Å². The van der Waals surface area contributed by atoms with E-state index in [4.69, 9.17) is 5.26 Å². The summed E-state index contributed by atoms with van der Waals surface area (Å²) < 4.78 is 0. The molecule has 0 N–H and O–H groups in total. The first-order valence-electron chi connectivity index (χ1n) is 3.28. The molecular formula is C7H9N2O. The Bertz CT molecular complexity index is 183. The van der Waals surface area contributed by atoms with E-state index < -0.39 is 0 Å². The fourth-order valence-corrected chi connectivity index (χ4v) is 1.20. The molecule has 1 radical (unpaired) electrons. The monoisotopic (exact) mass is 137 g/mol. The maximum atomic E-state index is 10.7. The van der Waals surface area contributed by atoms with Crippen LogP contribution < -0.4 is 0 Å². The van der Waals surface area contributed by atoms with E-state index in [1.165, 1.54) is 4.90 Å². The molecule has 3 heteroatoms. The summed E-state index contributed by atoms with van der Waals surface area (Å²) in [5.74, 6) is -0.232. The summed E-state index contributed by atoms with van der Waals surface area (Å²) in [4.78, 5) is 12.2. The molecule has 0 spiro atoms. The molecule has 1 amide bonds. The highest BCUT2D eigenvalue weighted by molar-refractivity contribution is 5.81. The number of amides is 1. The quantitative estimate of drug-likeness (QED) is 0.483. The maximum Gasteiger partial charge on any atom is 0.224 e. The molecule has 0 aromatic carbocycles. The van der Waals surface area contributed by atoms with Gasteiger partial charge in [0.15, 0.2) is 0 Å². The van der Waals surface area contributed by atoms with Gasteiger partial charge < -0.3 is 4.90 Å². The van der Waals surface area contributed by atoms with Gasteiger partial charge in [-0.1, -0.05) is 0 Å². The molecule has 10 heavy (non-hydrogen) atoms. The lowest BCUT2D eigenvalue weighted by molar-refractivity contribution is -0.126. The van der Waals surface area contributed by atoms with Crippen LogP contribution in [0.25, 0.3) is 0 Å². The van der Waals surface area contributed by atoms with Crippen molar-refractivity contribution in [2.45, 2.75) is 18.9 Å². The van der Waals surface area contributed by atoms with Crippen molar-refractivity contribution >= 4 is 5.91 Å². The number of hydrogen-bond acceptors (Lipinski definition) is 2. The average molecular weight is 137 g/mol. The molecule has 0 aromatic heterocycles. The van der Waals surface area contributed by atoms with Crippen molar-refractivity contribution in [1.82, 2.24) is 4.90 Å². The van der Waals surface area contributed by atoms with Gasteiger partial charge in [0.1, 0.15) is 6.04 Å². The summed E-state index contributed by atoms with van der Waals surface area (Å²) in [5.41, 5.74) is 0. The summed E-state index contributed by atoms with van der Waals surface area (Å²) in [7, 11) is 0. The number of likely N-dealkylation sites (tertiary alicyclic amines) is 1. The van der Waals surface area contributed by atoms with Gasteiger partial charge in [-0.25, -0.2) is 0 Å². The van der Waals surface area contributed by atoms with Crippen LogP contribution in [0.3, 0.4) is 0 Å². The van der Waals surface area contributed by atoms with Crippen molar-refractivity contribution in [3.05, 3.63) is 6.92 Å². The van der Waals surface area contributed by atoms with Crippen LogP contribution in [0.15, 0.2) is 0 Å². The Morgan fingerprint density at radius 1 is 1.80 bits per heavy atom. The highest BCUT2D eigenvalue weighted by atomic mass is 16.2. The van der Waals surface area contributed by atoms with Crippen LogP contribution in [-0.4, -0.2) is 23.4 Å². The van der Waals surface area contributed by atoms with Crippen molar-refractivity contribution in [2.24, 2.45) is 0 Å². The minimum atomic E-state index is -0.232. The molecule has 1 fully saturated rings. The predicted octanol–water partition coefficient (Wildman–Crippen LogP) is 0.335. The van der Waals surface area contributed by atoms with Crippen molar-refractivity contribution < 1.29 is 4.79 Å². The van der Waals surface area contributed by atoms with Crippen molar-refractivity contribution in [2.75, 3.05) is 6.54 Å². The topological polar surface area (TPSA) is 44.1 Å². The Labute approximate surface area is 60.2 Å². The van der Waals surface area contributed by atoms with E-state index in [-0.39, 0.29) is 11.9 Å². The van der Waals surface area contributed by atoms with Gasteiger partial charge in [0.2, 0.25) is 5.91 Å². The SMILES string of the molecule is [CH2]C(=O)N1CCCC1C#N. The minimum absolute atomic E-state index is 0.218. The predicted molar refractivity (Wildman–Crippen MR) is 35.7 cm³/mol. The van der Waals surface area contributed by atoms with Crippen LogP contribution in [-0.2, 0) is 4.79 Å². The molecule has 1 unspecified atom stereocenters. The molecular weight excluding hydrogens is 128 g/mol. The summed E-state index contributed by atoms with van der Waals surface area (Å²) in [6.45, 7) is 3.95. The van der Waals surface area contributed by atoms with Gasteiger partial charge in [0.25, 0.3) is 0 Å². The van der Waals surface area contributed by atoms with E-state index in [0.29, 0.717) is 6.54 Å². The molecule has 1 aliphatic heterocycles. The Balaban J connectivity index is 2.61. The molecule has 53 valence electrons. The Morgan fingerprint density at radius 3 is 2.90 bits per heavy atom. The number of nitrogens with zero attached hydrogens (tertiary/aromatic N) is 2. The largest absolute Gasteiger partial charge is 0.327 e. The fourth-order valence-electron chi connectivity index (χ4n) is 1.20. The van der Waals surface area contributed by atoms with E-state index in [2.05, 4.69) is 13.0 Å². The second-order valence-corrected chi connectivity index (χ2v) is 2.37. The molecule has 0 aliphatic carbocycles. The van der Waals surface area contributed by atoms with E-state index in [0.717, 1.165) is 12.8 Å². The van der Waals surface area contributed by atoms with Crippen molar-refractivity contribution in [1.29, 1.82) is 5.26 Å². The number of carbonyl (C=O) groups excluding carboxylic acids is 1. The molecule has 0 aromatic rings. The smallest absolute Gasteiger partial charge is 0.224 e. The zero-order valence-electron chi connectivity index (χ0n) is 5.71. The Hall–Kier alpha value is -1.04. The molecule has 0 bridgehead atoms. The van der Waals surface area contributed by atoms with Gasteiger partial charge in [-0.05, 0) is 12.8 Å². The average Bonchev–Trinajstić information content (AvgIpc) is 2.33. The third-order valence-electron chi connectivity index (χ3n) is 1.72. The fraction of sp³-hybridized carbons (Fsp3) is 0.571. The molecule has 1 aliphatic rings. The summed E-state index contributed by atoms with van der Waals surface area (Å²) in [5, 5.41) is 8.51. The van der Waals surface area contributed by atoms with Crippen molar-refractivity contribution in [3.8, 4) is 6.07 Å². The van der Waals surface area contributed by atoms with Gasteiger partial charge >= 0.3 is 0 Å². The summed E-state index contributed by atoms with van der Waals surface area (Å²) in [6.07, 6.45) is 1.73. The second kappa shape index (κ2) is 2.70. The number of carbonyl (C=O) groups is 1. The van der Waals surface area contributed by atoms with Crippen LogP contribution in [0.5, 0.6) is 0 Å². The first-order chi connectivity index (χ1) is 4.75. The van der Waals surface area contributed by atoms with E-state index in [1.807, 2.05) is 0 Å². The highest BCUT2D eigenvalue weighted by Crippen LogP contribution is 2.15. The van der Waals surface area contributed by atoms with E-state index in [9.17, 15) is 4.79 Å². The van der Waals surface area contributed by atoms with Gasteiger partial charge in [0.05, 0.1) is 6.07 Å². The van der Waals surface area contributed by atoms with Crippen molar-refractivity contribution in [3.63, 3.8) is 0 Å². The number of nitriles is 1. The minimum Gasteiger partial charge on any atom is -0.327 e. The normalized spacial score (nSPS) is 24.4. The molecule has 3 nitrogen and oxygen atoms in total. The zero-order valence-corrected chi connectivity index (χ0v) is 5.71. The zero-order chi connectivity index (χ0) is 7.56. The van der Waals surface area contributed by atoms with Gasteiger partial charge in [-0.3, -0.25) is 4.79 Å². The highest BCUT2D eigenvalue weighted by Gasteiger charge is 2.25. The number of rotatable bonds is 0. The first kappa shape index (κ1) is 7.07. The second-order valence-electron chi connectivity index (χ2n) is 2.37. The molecule has 1 rings (SSSR count). The molecule has 1 heterocycles. The first-order valence-corrected chi connectivity index (χ1v) is 3.28. The lowest BCUT2D eigenvalue weighted by Crippen LogP contribution is -2.32. The van der Waals surface area contributed by atoms with Crippen LogP contribution in [0, 0.1) is 18.3 Å². The summed E-state index contributed by atoms with van der Waals surface area (Å²) in [6, 6.07) is 1.84. The van der Waals surface area contributed by atoms with E-state index in [1.54, 1.807) is 0 Å². The van der Waals surface area contributed by atoms with Gasteiger partial charge in [-0.15, -0.1) is 0 Å². The lowest BCUT2D eigenvalue weighted by Gasteiger charge is -2.15. The molecule has 1 atom stereocenters. The van der Waals surface area contributed by atoms with Crippen LogP contribution in [0.1, 0.15) is 12.8 Å². The van der Waals surface area contributed by atoms with Gasteiger partial charge in [0, 0.05) is 13.5 Å². The Kier molecular flexibility index (Phi) is 1.91. The van der Waals surface area contributed by atoms with Crippen LogP contribution >= 0.6 is 0 Å². The number of hydrogen-bond donors (Lipinski definition) is 0. The van der Waals surface area contributed by atoms with Gasteiger partial charge in [-0.2, -0.15) is 5.26 Å². The Morgan fingerprint density at radius 2 is 2.50 bits per heavy atom. The molecule has 0 saturated carbocycles. The molecule has 1 saturated heterocycles. The summed E-state index contributed by atoms with van der Waals surface area (Å²) >= 11 is 0. The van der Waals surface area contributed by atoms with Crippen LogP contribution in [0.4, 0.5) is 0 Å². The third-order valence-corrected chi connectivity index (χ3v) is 1.72. The lowest BCUT2D eigenvalue weighted by atomic mass is 10.2. The maximum absolute atomic E-state index is 10.7. The van der Waals surface area contributed by atoms with E-state index >= 15 is 0 Å². The standard InChI is InChI=1S/C7H9N2O/c1-6(10)9-4-2-3-7(9)5-8/h7H,1-4H2. The third kappa shape index (κ3) is 1.10.